The van der Waals surface area contributed by atoms with Crippen molar-refractivity contribution in [3.63, 3.8) is 0 Å². The molecule has 4 heterocycles. The van der Waals surface area contributed by atoms with Gasteiger partial charge in [0.25, 0.3) is 0 Å². The number of fused-ring (bicyclic) bond motifs is 1. The van der Waals surface area contributed by atoms with E-state index in [0.29, 0.717) is 25.8 Å². The molecule has 39 heavy (non-hydrogen) atoms. The number of alkyl halides is 7. The zero-order valence-electron chi connectivity index (χ0n) is 21.7. The first-order valence-electron chi connectivity index (χ1n) is 13.1. The van der Waals surface area contributed by atoms with Gasteiger partial charge in [-0.25, -0.2) is 24.4 Å². The molecule has 5 atom stereocenters. The Morgan fingerprint density at radius 1 is 1.08 bits per heavy atom. The molecule has 7 nitrogen and oxygen atoms in total. The standard InChI is InChI=1S/C25H33F7N6O/c1-23(27,24(28,29)21-34-33-14-35(21)2)16-4-3-5-18(9-16)37-13-20-19(25(30,31)32)8-15(11-38(20)22(37)39)10-36-7-6-17(26)12-36/h8,11,13,16-18,21,33-34H,3-7,9-10,12,14H2,1-2H3/t16?,17-,18?,21?,23+/m0/s1. The molecule has 2 aromatic heterocycles. The molecule has 3 fully saturated rings. The summed E-state index contributed by atoms with van der Waals surface area (Å²) in [5, 5.41) is 0. The number of halogens is 7. The van der Waals surface area contributed by atoms with Crippen molar-refractivity contribution in [2.75, 3.05) is 26.8 Å². The number of hydrogen-bond donors (Lipinski definition) is 2. The molecular weight excluding hydrogens is 533 g/mol. The summed E-state index contributed by atoms with van der Waals surface area (Å²) in [6.07, 6.45) is -3.96. The number of nitrogens with one attached hydrogen (secondary N) is 2. The molecule has 5 rings (SSSR count). The van der Waals surface area contributed by atoms with Gasteiger partial charge in [0, 0.05) is 44.0 Å². The number of likely N-dealkylation sites (tertiary alicyclic amines) is 1. The van der Waals surface area contributed by atoms with Gasteiger partial charge in [-0.1, -0.05) is 6.42 Å². The first kappa shape index (κ1) is 28.4. The molecule has 1 saturated carbocycles. The highest BCUT2D eigenvalue weighted by molar-refractivity contribution is 5.56. The first-order valence-corrected chi connectivity index (χ1v) is 13.1. The molecule has 3 aliphatic rings. The third-order valence-corrected chi connectivity index (χ3v) is 8.58. The van der Waals surface area contributed by atoms with Crippen molar-refractivity contribution in [3.8, 4) is 0 Å². The number of imidazole rings is 1. The predicted octanol–water partition coefficient (Wildman–Crippen LogP) is 4.08. The Bertz CT molecular complexity index is 1260. The normalized spacial score (nSPS) is 29.4. The number of rotatable bonds is 6. The number of nitrogens with zero attached hydrogens (tertiary/aromatic N) is 4. The SMILES string of the molecule is CN1CNNC1C(F)(F)[C@](C)(F)C1CCCC(n2cc3c(C(F)(F)F)cc(CN4CC[C@H](F)C4)cn3c2=O)C1. The lowest BCUT2D eigenvalue weighted by Gasteiger charge is -2.43. The molecular formula is C25H33F7N6O. The van der Waals surface area contributed by atoms with Crippen LogP contribution in [0.2, 0.25) is 0 Å². The molecule has 1 aliphatic carbocycles. The fraction of sp³-hybridized carbons (Fsp3) is 0.720. The van der Waals surface area contributed by atoms with Crippen molar-refractivity contribution in [1.82, 2.24) is 29.6 Å². The molecule has 2 saturated heterocycles. The van der Waals surface area contributed by atoms with Crippen LogP contribution in [0, 0.1) is 5.92 Å². The summed E-state index contributed by atoms with van der Waals surface area (Å²) in [4.78, 5) is 16.3. The Labute approximate surface area is 220 Å². The van der Waals surface area contributed by atoms with Crippen LogP contribution in [0.15, 0.2) is 23.3 Å². The zero-order valence-corrected chi connectivity index (χ0v) is 21.7. The van der Waals surface area contributed by atoms with E-state index >= 15 is 13.2 Å². The topological polar surface area (TPSA) is 56.9 Å². The van der Waals surface area contributed by atoms with Crippen LogP contribution in [-0.2, 0) is 12.7 Å². The second kappa shape index (κ2) is 10.0. The molecule has 2 N–H and O–H groups in total. The third kappa shape index (κ3) is 5.08. The highest BCUT2D eigenvalue weighted by atomic mass is 19.4. The number of hydrazine groups is 1. The van der Waals surface area contributed by atoms with Crippen molar-refractivity contribution < 1.29 is 30.7 Å². The lowest BCUT2D eigenvalue weighted by molar-refractivity contribution is -0.198. The quantitative estimate of drug-likeness (QED) is 0.517. The van der Waals surface area contributed by atoms with Crippen LogP contribution in [0.1, 0.15) is 56.2 Å². The van der Waals surface area contributed by atoms with Crippen LogP contribution in [0.3, 0.4) is 0 Å². The molecule has 0 aromatic carbocycles. The van der Waals surface area contributed by atoms with E-state index in [4.69, 9.17) is 0 Å². The maximum atomic E-state index is 16.0. The van der Waals surface area contributed by atoms with E-state index in [1.54, 1.807) is 4.90 Å². The maximum absolute atomic E-state index is 16.0. The van der Waals surface area contributed by atoms with Gasteiger partial charge in [0.2, 0.25) is 0 Å². The second-order valence-corrected chi connectivity index (χ2v) is 11.3. The Morgan fingerprint density at radius 2 is 1.82 bits per heavy atom. The molecule has 0 radical (unpaired) electrons. The lowest BCUT2D eigenvalue weighted by Crippen LogP contribution is -2.62. The Morgan fingerprint density at radius 3 is 2.44 bits per heavy atom. The number of pyridine rings is 1. The van der Waals surface area contributed by atoms with Gasteiger partial charge in [0.05, 0.1) is 17.7 Å². The van der Waals surface area contributed by atoms with Crippen LogP contribution in [0.4, 0.5) is 30.7 Å². The summed E-state index contributed by atoms with van der Waals surface area (Å²) in [6.45, 7) is 1.52. The molecule has 0 spiro atoms. The summed E-state index contributed by atoms with van der Waals surface area (Å²) in [7, 11) is 1.43. The highest BCUT2D eigenvalue weighted by Crippen LogP contribution is 2.49. The minimum atomic E-state index is -4.77. The van der Waals surface area contributed by atoms with Gasteiger partial charge in [-0.2, -0.15) is 22.0 Å². The first-order chi connectivity index (χ1) is 18.2. The molecule has 14 heteroatoms. The fourth-order valence-electron chi connectivity index (χ4n) is 6.31. The van der Waals surface area contributed by atoms with Crippen LogP contribution in [-0.4, -0.2) is 69.5 Å². The number of aromatic nitrogens is 2. The van der Waals surface area contributed by atoms with Crippen LogP contribution < -0.4 is 16.5 Å². The Kier molecular flexibility index (Phi) is 7.30. The predicted molar refractivity (Wildman–Crippen MR) is 130 cm³/mol. The van der Waals surface area contributed by atoms with Gasteiger partial charge in [-0.15, -0.1) is 0 Å². The van der Waals surface area contributed by atoms with Gasteiger partial charge in [0.1, 0.15) is 12.3 Å². The van der Waals surface area contributed by atoms with Crippen molar-refractivity contribution >= 4 is 5.52 Å². The van der Waals surface area contributed by atoms with Gasteiger partial charge >= 0.3 is 17.8 Å². The second-order valence-electron chi connectivity index (χ2n) is 11.3. The largest absolute Gasteiger partial charge is 0.418 e. The summed E-state index contributed by atoms with van der Waals surface area (Å²) in [5.41, 5.74) is 0.133. The summed E-state index contributed by atoms with van der Waals surface area (Å²) < 4.78 is 105. The van der Waals surface area contributed by atoms with Gasteiger partial charge < -0.3 is 0 Å². The Balaban J connectivity index is 1.46. The lowest BCUT2D eigenvalue weighted by atomic mass is 9.73. The Hall–Kier alpha value is -2.16. The smallest absolute Gasteiger partial charge is 0.296 e. The van der Waals surface area contributed by atoms with Gasteiger partial charge in [-0.05, 0) is 51.3 Å². The van der Waals surface area contributed by atoms with E-state index in [-0.39, 0.29) is 43.7 Å². The monoisotopic (exact) mass is 566 g/mol. The molecule has 2 aliphatic heterocycles. The molecule has 218 valence electrons. The maximum Gasteiger partial charge on any atom is 0.418 e. The third-order valence-electron chi connectivity index (χ3n) is 8.58. The van der Waals surface area contributed by atoms with Crippen molar-refractivity contribution in [2.24, 2.45) is 5.92 Å². The van der Waals surface area contributed by atoms with Crippen LogP contribution in [0.25, 0.3) is 5.52 Å². The zero-order chi connectivity index (χ0) is 28.3. The van der Waals surface area contributed by atoms with Crippen LogP contribution in [0.5, 0.6) is 0 Å². The van der Waals surface area contributed by atoms with Crippen molar-refractivity contribution in [3.05, 3.63) is 40.1 Å². The van der Waals surface area contributed by atoms with E-state index in [1.165, 1.54) is 18.1 Å². The molecule has 3 unspecified atom stereocenters. The van der Waals surface area contributed by atoms with E-state index < -0.39 is 53.3 Å². The number of hydrogen-bond acceptors (Lipinski definition) is 5. The molecule has 2 aromatic rings. The average Bonchev–Trinajstić information content (AvgIpc) is 3.57. The minimum Gasteiger partial charge on any atom is -0.296 e. The molecule has 0 bridgehead atoms. The fourth-order valence-corrected chi connectivity index (χ4v) is 6.31. The van der Waals surface area contributed by atoms with Gasteiger partial charge in [0.15, 0.2) is 5.67 Å². The van der Waals surface area contributed by atoms with Crippen molar-refractivity contribution in [1.29, 1.82) is 0 Å². The van der Waals surface area contributed by atoms with E-state index in [0.717, 1.165) is 28.2 Å². The van der Waals surface area contributed by atoms with E-state index in [9.17, 15) is 22.4 Å². The molecule has 0 amide bonds. The van der Waals surface area contributed by atoms with E-state index in [2.05, 4.69) is 10.9 Å². The summed E-state index contributed by atoms with van der Waals surface area (Å²) in [5.74, 6) is -4.92. The average molecular weight is 567 g/mol. The highest BCUT2D eigenvalue weighted by Gasteiger charge is 2.62. The summed E-state index contributed by atoms with van der Waals surface area (Å²) >= 11 is 0. The van der Waals surface area contributed by atoms with Gasteiger partial charge in [-0.3, -0.25) is 18.8 Å². The summed E-state index contributed by atoms with van der Waals surface area (Å²) in [6, 6.07) is 0.219. The van der Waals surface area contributed by atoms with E-state index in [1.807, 2.05) is 0 Å². The van der Waals surface area contributed by atoms with Crippen LogP contribution >= 0.6 is 0 Å². The van der Waals surface area contributed by atoms with Crippen molar-refractivity contribution in [2.45, 2.75) is 81.7 Å². The minimum absolute atomic E-state index is 0.0519.